The molecule has 0 unspecified atom stereocenters. The zero-order valence-electron chi connectivity index (χ0n) is 12.6. The van der Waals surface area contributed by atoms with E-state index in [2.05, 4.69) is 34.6 Å². The van der Waals surface area contributed by atoms with Gasteiger partial charge in [-0.15, -0.1) is 0 Å². The van der Waals surface area contributed by atoms with Crippen molar-refractivity contribution >= 4 is 23.2 Å². The van der Waals surface area contributed by atoms with Crippen molar-refractivity contribution in [3.05, 3.63) is 74.7 Å². The van der Waals surface area contributed by atoms with Crippen LogP contribution in [0.3, 0.4) is 0 Å². The molecule has 1 aromatic heterocycles. The van der Waals surface area contributed by atoms with Crippen LogP contribution in [0.1, 0.15) is 17.0 Å². The third kappa shape index (κ3) is 2.61. The largest absolute Gasteiger partial charge is 0.448 e. The van der Waals surface area contributed by atoms with Crippen molar-refractivity contribution in [2.45, 2.75) is 5.92 Å². The lowest BCUT2D eigenvalue weighted by atomic mass is 9.98. The van der Waals surface area contributed by atoms with Gasteiger partial charge in [-0.1, -0.05) is 59.9 Å². The molecule has 0 aliphatic heterocycles. The van der Waals surface area contributed by atoms with Gasteiger partial charge >= 0.3 is 11.0 Å². The van der Waals surface area contributed by atoms with Crippen LogP contribution in [0.4, 0.5) is 10.6 Å². The van der Waals surface area contributed by atoms with E-state index in [4.69, 9.17) is 4.74 Å². The van der Waals surface area contributed by atoms with Gasteiger partial charge in [-0.3, -0.25) is 15.1 Å². The van der Waals surface area contributed by atoms with Gasteiger partial charge in [0.05, 0.1) is 0 Å². The zero-order valence-corrected chi connectivity index (χ0v) is 13.4. The first-order valence-electron chi connectivity index (χ1n) is 7.52. The summed E-state index contributed by atoms with van der Waals surface area (Å²) in [4.78, 5) is 25.3. The zero-order chi connectivity index (χ0) is 16.5. The van der Waals surface area contributed by atoms with Crippen LogP contribution in [0.25, 0.3) is 11.1 Å². The maximum Gasteiger partial charge on any atom is 0.412 e. The van der Waals surface area contributed by atoms with Crippen molar-refractivity contribution < 1.29 is 9.53 Å². The second-order valence-corrected chi connectivity index (χ2v) is 6.35. The SMILES string of the molecule is O=C(Nc1csc(=O)[nH]1)OCC1c2ccccc2-c2ccccc21. The minimum absolute atomic E-state index is 0.0182. The summed E-state index contributed by atoms with van der Waals surface area (Å²) >= 11 is 0.990. The highest BCUT2D eigenvalue weighted by atomic mass is 32.1. The summed E-state index contributed by atoms with van der Waals surface area (Å²) < 4.78 is 5.39. The molecule has 6 heteroatoms. The lowest BCUT2D eigenvalue weighted by molar-refractivity contribution is 0.158. The average molecular weight is 338 g/mol. The first kappa shape index (κ1) is 14.7. The molecule has 3 aromatic rings. The molecule has 2 aromatic carbocycles. The molecule has 1 aliphatic rings. The van der Waals surface area contributed by atoms with E-state index in [0.29, 0.717) is 5.82 Å². The number of fused-ring (bicyclic) bond motifs is 3. The Morgan fingerprint density at radius 1 is 1.08 bits per heavy atom. The van der Waals surface area contributed by atoms with Crippen molar-refractivity contribution in [3.63, 3.8) is 0 Å². The molecule has 0 saturated carbocycles. The molecular formula is C18H14N2O3S. The van der Waals surface area contributed by atoms with Gasteiger partial charge in [-0.05, 0) is 22.3 Å². The normalized spacial score (nSPS) is 12.5. The maximum absolute atomic E-state index is 12.0. The lowest BCUT2D eigenvalue weighted by Gasteiger charge is -2.14. The number of benzene rings is 2. The van der Waals surface area contributed by atoms with E-state index in [-0.39, 0.29) is 17.4 Å². The molecule has 0 fully saturated rings. The van der Waals surface area contributed by atoms with E-state index in [1.54, 1.807) is 5.38 Å². The Bertz CT molecular complexity index is 915. The minimum Gasteiger partial charge on any atom is -0.448 e. The molecule has 1 aliphatic carbocycles. The van der Waals surface area contributed by atoms with Crippen LogP contribution in [-0.4, -0.2) is 17.7 Å². The molecule has 120 valence electrons. The lowest BCUT2D eigenvalue weighted by Crippen LogP contribution is -2.18. The van der Waals surface area contributed by atoms with Crippen molar-refractivity contribution in [3.8, 4) is 11.1 Å². The first-order chi connectivity index (χ1) is 11.7. The van der Waals surface area contributed by atoms with Gasteiger partial charge in [0.2, 0.25) is 0 Å². The molecule has 0 saturated heterocycles. The third-order valence-electron chi connectivity index (χ3n) is 4.10. The number of anilines is 1. The average Bonchev–Trinajstić information content (AvgIpc) is 3.14. The van der Waals surface area contributed by atoms with Crippen LogP contribution in [0.15, 0.2) is 58.7 Å². The van der Waals surface area contributed by atoms with Crippen LogP contribution >= 0.6 is 11.3 Å². The number of hydrogen-bond donors (Lipinski definition) is 2. The number of rotatable bonds is 3. The molecule has 1 heterocycles. The second-order valence-electron chi connectivity index (χ2n) is 5.51. The topological polar surface area (TPSA) is 71.2 Å². The van der Waals surface area contributed by atoms with E-state index in [1.807, 2.05) is 24.3 Å². The number of amides is 1. The number of H-pyrrole nitrogens is 1. The number of carbonyl (C=O) groups excluding carboxylic acids is 1. The van der Waals surface area contributed by atoms with Crippen LogP contribution < -0.4 is 10.2 Å². The summed E-state index contributed by atoms with van der Waals surface area (Å²) in [6, 6.07) is 16.3. The Kier molecular flexibility index (Phi) is 3.66. The number of carbonyl (C=O) groups is 1. The van der Waals surface area contributed by atoms with E-state index >= 15 is 0 Å². The number of aromatic nitrogens is 1. The highest BCUT2D eigenvalue weighted by Gasteiger charge is 2.28. The quantitative estimate of drug-likeness (QED) is 0.763. The fourth-order valence-corrected chi connectivity index (χ4v) is 3.60. The second kappa shape index (κ2) is 5.98. The molecule has 1 amide bonds. The Morgan fingerprint density at radius 2 is 1.71 bits per heavy atom. The van der Waals surface area contributed by atoms with Gasteiger partial charge in [-0.2, -0.15) is 0 Å². The predicted octanol–water partition coefficient (Wildman–Crippen LogP) is 3.80. The predicted molar refractivity (Wildman–Crippen MR) is 93.6 cm³/mol. The van der Waals surface area contributed by atoms with Crippen LogP contribution in [0.2, 0.25) is 0 Å². The summed E-state index contributed by atoms with van der Waals surface area (Å²) in [6.45, 7) is 0.244. The molecular weight excluding hydrogens is 324 g/mol. The Hall–Kier alpha value is -2.86. The van der Waals surface area contributed by atoms with Crippen LogP contribution in [0, 0.1) is 0 Å². The molecule has 0 radical (unpaired) electrons. The van der Waals surface area contributed by atoms with Gasteiger partial charge < -0.3 is 4.74 Å². The van der Waals surface area contributed by atoms with Gasteiger partial charge in [-0.25, -0.2) is 4.79 Å². The van der Waals surface area contributed by atoms with E-state index in [0.717, 1.165) is 22.5 Å². The summed E-state index contributed by atoms with van der Waals surface area (Å²) in [5.74, 6) is 0.367. The number of nitrogens with one attached hydrogen (secondary N) is 2. The molecule has 0 spiro atoms. The smallest absolute Gasteiger partial charge is 0.412 e. The fourth-order valence-electron chi connectivity index (χ4n) is 3.09. The van der Waals surface area contributed by atoms with Gasteiger partial charge in [0.1, 0.15) is 12.4 Å². The maximum atomic E-state index is 12.0. The van der Waals surface area contributed by atoms with Crippen molar-refractivity contribution in [1.29, 1.82) is 0 Å². The third-order valence-corrected chi connectivity index (χ3v) is 4.77. The van der Waals surface area contributed by atoms with E-state index in [9.17, 15) is 9.59 Å². The van der Waals surface area contributed by atoms with E-state index in [1.165, 1.54) is 11.1 Å². The summed E-state index contributed by atoms with van der Waals surface area (Å²) in [7, 11) is 0. The van der Waals surface area contributed by atoms with E-state index < -0.39 is 6.09 Å². The van der Waals surface area contributed by atoms with Crippen LogP contribution in [-0.2, 0) is 4.74 Å². The molecule has 2 N–H and O–H groups in total. The Labute approximate surface area is 141 Å². The fraction of sp³-hybridized carbons (Fsp3) is 0.111. The first-order valence-corrected chi connectivity index (χ1v) is 8.40. The van der Waals surface area contributed by atoms with Gasteiger partial charge in [0.25, 0.3) is 0 Å². The van der Waals surface area contributed by atoms with Gasteiger partial charge in [0.15, 0.2) is 0 Å². The van der Waals surface area contributed by atoms with Gasteiger partial charge in [0, 0.05) is 11.3 Å². The summed E-state index contributed by atoms with van der Waals surface area (Å²) in [5, 5.41) is 4.07. The Balaban J connectivity index is 1.52. The molecule has 0 bridgehead atoms. The number of aromatic amines is 1. The monoisotopic (exact) mass is 338 g/mol. The van der Waals surface area contributed by atoms with Crippen molar-refractivity contribution in [1.82, 2.24) is 4.98 Å². The number of hydrogen-bond acceptors (Lipinski definition) is 4. The van der Waals surface area contributed by atoms with Crippen molar-refractivity contribution in [2.24, 2.45) is 0 Å². The summed E-state index contributed by atoms with van der Waals surface area (Å²) in [6.07, 6.45) is -0.578. The molecule has 4 rings (SSSR count). The highest BCUT2D eigenvalue weighted by Crippen LogP contribution is 2.44. The number of ether oxygens (including phenoxy) is 1. The number of thiazole rings is 1. The standard InChI is InChI=1S/C18H14N2O3S/c21-17(19-16-10-24-18(22)20-16)23-9-15-13-7-3-1-5-11(13)12-6-2-4-8-14(12)15/h1-8,10,15H,9H2,(H,19,21)(H,20,22). The Morgan fingerprint density at radius 3 is 2.29 bits per heavy atom. The molecule has 24 heavy (non-hydrogen) atoms. The molecule has 0 atom stereocenters. The van der Waals surface area contributed by atoms with Crippen molar-refractivity contribution in [2.75, 3.05) is 11.9 Å². The van der Waals surface area contributed by atoms with Crippen LogP contribution in [0.5, 0.6) is 0 Å². The minimum atomic E-state index is -0.578. The highest BCUT2D eigenvalue weighted by molar-refractivity contribution is 7.07. The summed E-state index contributed by atoms with van der Waals surface area (Å²) in [5.41, 5.74) is 4.69. The molecule has 5 nitrogen and oxygen atoms in total.